The van der Waals surface area contributed by atoms with Crippen LogP contribution in [0.25, 0.3) is 10.4 Å². The third kappa shape index (κ3) is 4.27. The first-order valence-electron chi connectivity index (χ1n) is 5.59. The zero-order valence-electron chi connectivity index (χ0n) is 10.0. The molecule has 1 aromatic carbocycles. The zero-order valence-corrected chi connectivity index (χ0v) is 10.0. The minimum Gasteiger partial charge on any atom is -0.296 e. The van der Waals surface area contributed by atoms with Crippen molar-refractivity contribution in [3.05, 3.63) is 46.3 Å². The smallest absolute Gasteiger partial charge is 0.235 e. The number of hydrogen-bond acceptors (Lipinski definition) is 3. The lowest BCUT2D eigenvalue weighted by Gasteiger charge is -2.08. The monoisotopic (exact) mass is 246 g/mol. The number of benzene rings is 1. The maximum absolute atomic E-state index is 11.6. The van der Waals surface area contributed by atoms with Crippen LogP contribution in [0.2, 0.25) is 0 Å². The predicted octanol–water partition coefficient (Wildman–Crippen LogP) is 1.96. The Kier molecular flexibility index (Phi) is 5.41. The van der Waals surface area contributed by atoms with Gasteiger partial charge in [0.1, 0.15) is 6.04 Å². The topological polar surface area (TPSA) is 94.9 Å². The van der Waals surface area contributed by atoms with Crippen LogP contribution in [0.3, 0.4) is 0 Å². The Balaban J connectivity index is 2.54. The van der Waals surface area contributed by atoms with Crippen LogP contribution in [0.5, 0.6) is 0 Å². The molecule has 0 aliphatic heterocycles. The minimum atomic E-state index is -0.838. The number of nitrogens with one attached hydrogen (secondary N) is 1. The van der Waals surface area contributed by atoms with E-state index in [0.717, 1.165) is 5.56 Å². The summed E-state index contributed by atoms with van der Waals surface area (Å²) >= 11 is 0. The first-order chi connectivity index (χ1) is 8.67. The number of hydrogen-bond donors (Lipinski definition) is 1. The van der Waals surface area contributed by atoms with Crippen LogP contribution in [0, 0.1) is 0 Å². The van der Waals surface area contributed by atoms with E-state index in [-0.39, 0.29) is 6.42 Å². The van der Waals surface area contributed by atoms with Crippen LogP contribution in [0.4, 0.5) is 0 Å². The van der Waals surface area contributed by atoms with Crippen molar-refractivity contribution in [1.82, 2.24) is 5.32 Å². The molecule has 0 bridgehead atoms. The van der Waals surface area contributed by atoms with Crippen LogP contribution in [-0.2, 0) is 16.0 Å². The lowest BCUT2D eigenvalue weighted by molar-refractivity contribution is -0.130. The van der Waals surface area contributed by atoms with E-state index in [1.807, 2.05) is 18.2 Å². The summed E-state index contributed by atoms with van der Waals surface area (Å²) < 4.78 is 0. The summed E-state index contributed by atoms with van der Waals surface area (Å²) in [6.45, 7) is 1.71. The number of imide groups is 1. The van der Waals surface area contributed by atoms with E-state index in [1.165, 1.54) is 0 Å². The van der Waals surface area contributed by atoms with E-state index in [9.17, 15) is 9.59 Å². The minimum absolute atomic E-state index is 0.124. The lowest BCUT2D eigenvalue weighted by Crippen LogP contribution is -2.38. The molecule has 2 amide bonds. The molecule has 0 aliphatic carbocycles. The molecule has 18 heavy (non-hydrogen) atoms. The van der Waals surface area contributed by atoms with Gasteiger partial charge in [0.2, 0.25) is 11.8 Å². The third-order valence-electron chi connectivity index (χ3n) is 2.35. The zero-order chi connectivity index (χ0) is 13.4. The van der Waals surface area contributed by atoms with Crippen molar-refractivity contribution in [1.29, 1.82) is 0 Å². The van der Waals surface area contributed by atoms with Gasteiger partial charge in [0.05, 0.1) is 6.42 Å². The van der Waals surface area contributed by atoms with Crippen LogP contribution < -0.4 is 5.32 Å². The Morgan fingerprint density at radius 2 is 2.06 bits per heavy atom. The van der Waals surface area contributed by atoms with Crippen LogP contribution in [-0.4, -0.2) is 17.9 Å². The molecule has 0 saturated carbocycles. The summed E-state index contributed by atoms with van der Waals surface area (Å²) in [4.78, 5) is 25.7. The van der Waals surface area contributed by atoms with E-state index in [0.29, 0.717) is 6.42 Å². The van der Waals surface area contributed by atoms with Gasteiger partial charge in [-0.15, -0.1) is 0 Å². The van der Waals surface area contributed by atoms with Crippen molar-refractivity contribution in [3.8, 4) is 0 Å². The molecule has 0 heterocycles. The Hall–Kier alpha value is -2.33. The first kappa shape index (κ1) is 13.7. The van der Waals surface area contributed by atoms with Crippen LogP contribution >= 0.6 is 0 Å². The second kappa shape index (κ2) is 7.09. The highest BCUT2D eigenvalue weighted by Gasteiger charge is 2.17. The molecule has 0 aliphatic rings. The van der Waals surface area contributed by atoms with Gasteiger partial charge in [0.25, 0.3) is 0 Å². The van der Waals surface area contributed by atoms with E-state index in [4.69, 9.17) is 5.53 Å². The fourth-order valence-corrected chi connectivity index (χ4v) is 1.43. The molecular formula is C12H14N4O2. The van der Waals surface area contributed by atoms with Crippen molar-refractivity contribution in [2.24, 2.45) is 5.11 Å². The van der Waals surface area contributed by atoms with Crippen LogP contribution in [0.15, 0.2) is 35.4 Å². The number of azide groups is 1. The second-order valence-electron chi connectivity index (χ2n) is 3.70. The van der Waals surface area contributed by atoms with Crippen molar-refractivity contribution in [3.63, 3.8) is 0 Å². The highest BCUT2D eigenvalue weighted by atomic mass is 16.2. The molecule has 1 atom stereocenters. The second-order valence-corrected chi connectivity index (χ2v) is 3.70. The normalized spacial score (nSPS) is 11.2. The summed E-state index contributed by atoms with van der Waals surface area (Å²) in [6, 6.07) is 8.25. The van der Waals surface area contributed by atoms with Gasteiger partial charge in [0.15, 0.2) is 0 Å². The summed E-state index contributed by atoms with van der Waals surface area (Å²) in [5, 5.41) is 5.54. The van der Waals surface area contributed by atoms with Crippen molar-refractivity contribution >= 4 is 11.8 Å². The fourth-order valence-electron chi connectivity index (χ4n) is 1.43. The van der Waals surface area contributed by atoms with Crippen molar-refractivity contribution in [2.75, 3.05) is 0 Å². The molecule has 0 spiro atoms. The number of carbonyl (C=O) groups is 2. The maximum Gasteiger partial charge on any atom is 0.235 e. The molecule has 6 nitrogen and oxygen atoms in total. The molecule has 0 aromatic heterocycles. The number of carbonyl (C=O) groups excluding carboxylic acids is 2. The molecule has 0 fully saturated rings. The Bertz CT molecular complexity index is 466. The van der Waals surface area contributed by atoms with E-state index < -0.39 is 17.9 Å². The van der Waals surface area contributed by atoms with Gasteiger partial charge in [-0.2, -0.15) is 0 Å². The number of nitrogens with zero attached hydrogens (tertiary/aromatic N) is 3. The van der Waals surface area contributed by atoms with Gasteiger partial charge in [0, 0.05) is 4.91 Å². The summed E-state index contributed by atoms with van der Waals surface area (Å²) in [7, 11) is 0. The molecule has 0 radical (unpaired) electrons. The van der Waals surface area contributed by atoms with Gasteiger partial charge in [-0.1, -0.05) is 42.4 Å². The molecular weight excluding hydrogens is 232 g/mol. The van der Waals surface area contributed by atoms with Gasteiger partial charge in [-0.3, -0.25) is 14.9 Å². The van der Waals surface area contributed by atoms with Gasteiger partial charge >= 0.3 is 0 Å². The quantitative estimate of drug-likeness (QED) is 0.488. The molecule has 0 unspecified atom stereocenters. The summed E-state index contributed by atoms with van der Waals surface area (Å²) in [5.41, 5.74) is 9.10. The highest BCUT2D eigenvalue weighted by molar-refractivity contribution is 5.98. The standard InChI is InChI=1S/C12H14N4O2/c1-2-10(15-16-13)12(18)14-11(17)8-9-6-4-3-5-7-9/h3-7,10H,2,8H2,1H3,(H,14,17,18)/t10-/m0/s1. The highest BCUT2D eigenvalue weighted by Crippen LogP contribution is 2.01. The van der Waals surface area contributed by atoms with Gasteiger partial charge < -0.3 is 0 Å². The first-order valence-corrected chi connectivity index (χ1v) is 5.59. The number of amides is 2. The Labute approximate surface area is 105 Å². The van der Waals surface area contributed by atoms with Crippen molar-refractivity contribution < 1.29 is 9.59 Å². The average Bonchev–Trinajstić information content (AvgIpc) is 2.36. The lowest BCUT2D eigenvalue weighted by atomic mass is 10.1. The third-order valence-corrected chi connectivity index (χ3v) is 2.35. The van der Waals surface area contributed by atoms with E-state index in [1.54, 1.807) is 19.1 Å². The largest absolute Gasteiger partial charge is 0.296 e. The number of rotatable bonds is 5. The maximum atomic E-state index is 11.6. The van der Waals surface area contributed by atoms with E-state index >= 15 is 0 Å². The summed E-state index contributed by atoms with van der Waals surface area (Å²) in [6.07, 6.45) is 0.480. The van der Waals surface area contributed by atoms with E-state index in [2.05, 4.69) is 15.3 Å². The summed E-state index contributed by atoms with van der Waals surface area (Å²) in [5.74, 6) is -0.964. The van der Waals surface area contributed by atoms with Crippen LogP contribution in [0.1, 0.15) is 18.9 Å². The van der Waals surface area contributed by atoms with Gasteiger partial charge in [-0.05, 0) is 17.5 Å². The Morgan fingerprint density at radius 3 is 2.61 bits per heavy atom. The van der Waals surface area contributed by atoms with Crippen molar-refractivity contribution in [2.45, 2.75) is 25.8 Å². The Morgan fingerprint density at radius 1 is 1.39 bits per heavy atom. The molecule has 6 heteroatoms. The molecule has 1 rings (SSSR count). The predicted molar refractivity (Wildman–Crippen MR) is 66.5 cm³/mol. The molecule has 1 N–H and O–H groups in total. The SMILES string of the molecule is CC[C@H](N=[N+]=[N-])C(=O)NC(=O)Cc1ccccc1. The average molecular weight is 246 g/mol. The fraction of sp³-hybridized carbons (Fsp3) is 0.333. The molecule has 1 aromatic rings. The molecule has 94 valence electrons. The van der Waals surface area contributed by atoms with Gasteiger partial charge in [-0.25, -0.2) is 0 Å². The molecule has 0 saturated heterocycles.